The minimum absolute atomic E-state index is 0.0698. The fourth-order valence-corrected chi connectivity index (χ4v) is 11.3. The predicted molar refractivity (Wildman–Crippen MR) is 387 cm³/mol. The van der Waals surface area contributed by atoms with Crippen LogP contribution in [-0.2, 0) is 19.2 Å². The summed E-state index contributed by atoms with van der Waals surface area (Å²) in [4.78, 5) is 58.6. The molecular weight excluding hydrogens is 1100 g/mol. The molecule has 0 saturated carbocycles. The molecule has 12 nitrogen and oxygen atoms in total. The van der Waals surface area contributed by atoms with E-state index in [9.17, 15) is 19.2 Å². The maximum Gasteiger partial charge on any atom is 0.230 e. The van der Waals surface area contributed by atoms with Gasteiger partial charge in [-0.3, -0.25) is 19.2 Å². The molecule has 4 aromatic carbocycles. The van der Waals surface area contributed by atoms with E-state index < -0.39 is 0 Å². The minimum Gasteiger partial charge on any atom is -0.372 e. The topological polar surface area (TPSA) is 129 Å². The number of hydrogen-bond donors (Lipinski definition) is 4. The van der Waals surface area contributed by atoms with Gasteiger partial charge in [0.15, 0.2) is 0 Å². The second kappa shape index (κ2) is 39.3. The van der Waals surface area contributed by atoms with Crippen molar-refractivity contribution in [2.75, 3.05) is 93.2 Å². The first-order chi connectivity index (χ1) is 42.1. The lowest BCUT2D eigenvalue weighted by Crippen LogP contribution is -2.30. The van der Waals surface area contributed by atoms with E-state index in [1.807, 2.05) is 48.5 Å². The van der Waals surface area contributed by atoms with Gasteiger partial charge in [-0.15, -0.1) is 0 Å². The summed E-state index contributed by atoms with van der Waals surface area (Å²) in [6.07, 6.45) is 20.7. The Hall–Kier alpha value is -6.04. The maximum atomic E-state index is 12.4. The maximum absolute atomic E-state index is 12.4. The van der Waals surface area contributed by atoms with Gasteiger partial charge in [0.1, 0.15) is 0 Å². The van der Waals surface area contributed by atoms with Gasteiger partial charge >= 0.3 is 0 Å². The van der Waals surface area contributed by atoms with E-state index in [4.69, 9.17) is 0 Å². The van der Waals surface area contributed by atoms with Crippen molar-refractivity contribution in [3.63, 3.8) is 0 Å². The van der Waals surface area contributed by atoms with E-state index in [2.05, 4.69) is 197 Å². The van der Waals surface area contributed by atoms with Crippen molar-refractivity contribution in [3.8, 4) is 0 Å². The molecule has 1 unspecified atom stereocenters. The fraction of sp³-hybridized carbons (Fsp3) is 0.636. The highest BCUT2D eigenvalue weighted by atomic mass is 16.2. The summed E-state index contributed by atoms with van der Waals surface area (Å²) in [6.45, 7) is 48.1. The highest BCUT2D eigenvalue weighted by molar-refractivity contribution is 5.97. The number of carbonyl (C=O) groups excluding carboxylic acids is 4. The van der Waals surface area contributed by atoms with Gasteiger partial charge < -0.3 is 40.9 Å². The van der Waals surface area contributed by atoms with Crippen molar-refractivity contribution in [1.82, 2.24) is 0 Å². The van der Waals surface area contributed by atoms with Crippen molar-refractivity contribution in [2.45, 2.75) is 247 Å². The molecule has 4 aromatic rings. The van der Waals surface area contributed by atoms with Crippen LogP contribution < -0.4 is 40.9 Å². The third-order valence-corrected chi connectivity index (χ3v) is 17.6. The van der Waals surface area contributed by atoms with Crippen molar-refractivity contribution >= 4 is 69.1 Å². The van der Waals surface area contributed by atoms with Crippen LogP contribution in [0, 0.1) is 49.9 Å². The van der Waals surface area contributed by atoms with Crippen molar-refractivity contribution < 1.29 is 19.2 Å². The summed E-state index contributed by atoms with van der Waals surface area (Å²) in [6, 6.07) is 25.5. The Bertz CT molecular complexity index is 2730. The van der Waals surface area contributed by atoms with Crippen molar-refractivity contribution in [3.05, 3.63) is 95.1 Å². The van der Waals surface area contributed by atoms with Gasteiger partial charge in [0.2, 0.25) is 23.6 Å². The Balaban J connectivity index is 0.000000310. The summed E-state index contributed by atoms with van der Waals surface area (Å²) < 4.78 is 0. The lowest BCUT2D eigenvalue weighted by molar-refractivity contribution is -0.124. The first-order valence-corrected chi connectivity index (χ1v) is 34.7. The van der Waals surface area contributed by atoms with Crippen LogP contribution in [-0.4, -0.2) is 76.0 Å². The molecule has 1 atom stereocenters. The van der Waals surface area contributed by atoms with Crippen molar-refractivity contribution in [2.24, 2.45) is 22.2 Å². The molecule has 6 rings (SSSR count). The van der Waals surface area contributed by atoms with Crippen LogP contribution in [0.25, 0.3) is 0 Å². The van der Waals surface area contributed by atoms with Gasteiger partial charge in [0.25, 0.3) is 0 Å². The van der Waals surface area contributed by atoms with E-state index in [1.54, 1.807) is 0 Å². The van der Waals surface area contributed by atoms with Crippen LogP contribution in [0.15, 0.2) is 72.8 Å². The number of hydrogen-bond acceptors (Lipinski definition) is 8. The smallest absolute Gasteiger partial charge is 0.230 e. The Morgan fingerprint density at radius 3 is 1.21 bits per heavy atom. The number of unbranched alkanes of at least 4 members (excludes halogenated alkanes) is 4. The third kappa shape index (κ3) is 28.3. The Kier molecular flexibility index (Phi) is 34.1. The van der Waals surface area contributed by atoms with Crippen LogP contribution in [0.5, 0.6) is 0 Å². The van der Waals surface area contributed by atoms with Gasteiger partial charge in [0.05, 0.1) is 0 Å². The Labute approximate surface area is 543 Å². The van der Waals surface area contributed by atoms with Gasteiger partial charge in [-0.25, -0.2) is 0 Å². The molecule has 2 aliphatic rings. The largest absolute Gasteiger partial charge is 0.372 e. The standard InChI is InChI=1S/C20H34N2O.2C19H30N2O.C19H32N2O/c1-8-22(9-2)17-11-10-16(4)18(13-17)21-19(23)12-15(3)14-20(5,6)7;1-15-10-11-16(21-12-8-6-5-7-9-13-21)14-17(15)20-18(22)19(2,3)4;1-5-19(3,4)18(22)20-17-14-16(11-10-15(17)2)21-12-8-6-7-9-13-21;1-5-8-9-10-11-12-19(22)20-18-15-17(14-13-16(18)4)21(6-2)7-3/h10-11,13,15H,8-9,12,14H2,1-7H3,(H,21,23);2*10-11,14H,5-9,12-13H2,1-4H3,(H,20,22);13-15H,5-12H2,1-4H3,(H,20,22). The molecule has 2 saturated heterocycles. The minimum atomic E-state index is -0.372. The molecule has 0 radical (unpaired) electrons. The van der Waals surface area contributed by atoms with E-state index in [0.717, 1.165) is 123 Å². The zero-order valence-electron chi connectivity index (χ0n) is 59.8. The molecule has 2 heterocycles. The molecule has 2 aliphatic heterocycles. The SMILES string of the molecule is CCC(C)(C)C(=O)Nc1cc(N2CCCCCC2)ccc1C.CCCCCCCC(=O)Nc1cc(N(CC)CC)ccc1C.CCN(CC)c1ccc(C)c(NC(=O)CC(C)CC(C)(C)C)c1.Cc1ccc(N2CCCCCCC2)cc1NC(=O)C(C)(C)C. The summed E-state index contributed by atoms with van der Waals surface area (Å²) in [7, 11) is 0. The molecule has 89 heavy (non-hydrogen) atoms. The Morgan fingerprint density at radius 1 is 0.461 bits per heavy atom. The average Bonchev–Trinajstić information content (AvgIpc) is 3.65. The second-order valence-electron chi connectivity index (χ2n) is 28.2. The highest BCUT2D eigenvalue weighted by Gasteiger charge is 2.27. The quantitative estimate of drug-likeness (QED) is 0.0541. The lowest BCUT2D eigenvalue weighted by atomic mass is 9.84. The van der Waals surface area contributed by atoms with E-state index >= 15 is 0 Å². The number of aryl methyl sites for hydroxylation is 4. The molecule has 12 heteroatoms. The molecule has 498 valence electrons. The Morgan fingerprint density at radius 2 is 0.831 bits per heavy atom. The van der Waals surface area contributed by atoms with E-state index in [0.29, 0.717) is 18.8 Å². The molecule has 0 aliphatic carbocycles. The highest BCUT2D eigenvalue weighted by Crippen LogP contribution is 2.32. The molecule has 0 spiro atoms. The van der Waals surface area contributed by atoms with Crippen molar-refractivity contribution in [1.29, 1.82) is 0 Å². The summed E-state index contributed by atoms with van der Waals surface area (Å²) in [5.41, 5.74) is 12.6. The first-order valence-electron chi connectivity index (χ1n) is 34.7. The van der Waals surface area contributed by atoms with Crippen LogP contribution in [0.3, 0.4) is 0 Å². The number of rotatable bonds is 23. The first kappa shape index (κ1) is 77.2. The molecule has 4 amide bonds. The monoisotopic (exact) mass is 1230 g/mol. The number of carbonyl (C=O) groups is 4. The predicted octanol–water partition coefficient (Wildman–Crippen LogP) is 19.9. The van der Waals surface area contributed by atoms with Crippen LogP contribution in [0.1, 0.15) is 242 Å². The molecular formula is C77H126N8O4. The lowest BCUT2D eigenvalue weighted by Gasteiger charge is -2.28. The van der Waals surface area contributed by atoms with Crippen LogP contribution >= 0.6 is 0 Å². The average molecular weight is 1230 g/mol. The zero-order valence-corrected chi connectivity index (χ0v) is 59.8. The summed E-state index contributed by atoms with van der Waals surface area (Å²) in [5.74, 6) is 0.811. The molecule has 4 N–H and O–H groups in total. The third-order valence-electron chi connectivity index (χ3n) is 17.6. The van der Waals surface area contributed by atoms with Gasteiger partial charge in [0, 0.05) is 122 Å². The number of anilines is 8. The number of benzene rings is 4. The van der Waals surface area contributed by atoms with Gasteiger partial charge in [-0.2, -0.15) is 0 Å². The van der Waals surface area contributed by atoms with E-state index in [-0.39, 0.29) is 39.9 Å². The van der Waals surface area contributed by atoms with E-state index in [1.165, 1.54) is 99.8 Å². The second-order valence-corrected chi connectivity index (χ2v) is 28.2. The van der Waals surface area contributed by atoms with Gasteiger partial charge in [-0.05, 0) is 182 Å². The molecule has 2 fully saturated rings. The van der Waals surface area contributed by atoms with Crippen LogP contribution in [0.2, 0.25) is 0 Å². The number of nitrogens with zero attached hydrogens (tertiary/aromatic N) is 4. The number of amides is 4. The zero-order chi connectivity index (χ0) is 66.3. The summed E-state index contributed by atoms with van der Waals surface area (Å²) in [5, 5.41) is 12.4. The molecule has 0 bridgehead atoms. The fourth-order valence-electron chi connectivity index (χ4n) is 11.3. The summed E-state index contributed by atoms with van der Waals surface area (Å²) >= 11 is 0. The van der Waals surface area contributed by atoms with Gasteiger partial charge in [-0.1, -0.05) is 158 Å². The normalized spacial score (nSPS) is 14.1. The molecule has 0 aromatic heterocycles. The van der Waals surface area contributed by atoms with Crippen LogP contribution in [0.4, 0.5) is 45.5 Å². The number of nitrogens with one attached hydrogen (secondary N) is 4.